The van der Waals surface area contributed by atoms with Gasteiger partial charge in [0, 0.05) is 30.3 Å². The summed E-state index contributed by atoms with van der Waals surface area (Å²) in [6.45, 7) is 2.47. The van der Waals surface area contributed by atoms with E-state index in [0.29, 0.717) is 12.8 Å². The normalized spacial score (nSPS) is 19.4. The van der Waals surface area contributed by atoms with Crippen molar-refractivity contribution in [1.29, 1.82) is 0 Å². The first-order valence-corrected chi connectivity index (χ1v) is 11.0. The number of thiazole rings is 1. The zero-order chi connectivity index (χ0) is 20.7. The summed E-state index contributed by atoms with van der Waals surface area (Å²) in [6.07, 6.45) is 1.34. The van der Waals surface area contributed by atoms with E-state index < -0.39 is 5.97 Å². The lowest BCUT2D eigenvalue weighted by molar-refractivity contribution is -0.919. The topological polar surface area (TPSA) is 71.1 Å². The molecule has 1 N–H and O–H groups in total. The lowest BCUT2D eigenvalue weighted by Crippen LogP contribution is -3.12. The van der Waals surface area contributed by atoms with Gasteiger partial charge < -0.3 is 19.5 Å². The maximum atomic E-state index is 11.2. The zero-order valence-corrected chi connectivity index (χ0v) is 17.6. The molecule has 1 aliphatic rings. The van der Waals surface area contributed by atoms with Gasteiger partial charge in [-0.25, -0.2) is 4.98 Å². The predicted molar refractivity (Wildman–Crippen MR) is 115 cm³/mol. The molecule has 0 aliphatic carbocycles. The number of carbonyl (C=O) groups excluding carboxylic acids is 1. The van der Waals surface area contributed by atoms with Crippen LogP contribution >= 0.6 is 11.3 Å². The fraction of sp³-hybridized carbons (Fsp3) is 0.304. The maximum absolute atomic E-state index is 11.2. The summed E-state index contributed by atoms with van der Waals surface area (Å²) in [5.41, 5.74) is 4.40. The third-order valence-corrected chi connectivity index (χ3v) is 7.08. The Labute approximate surface area is 178 Å². The molecule has 7 heteroatoms. The van der Waals surface area contributed by atoms with Gasteiger partial charge >= 0.3 is 0 Å². The number of likely N-dealkylation sites (tertiary alicyclic amines) is 1. The number of carbonyl (C=O) groups is 1. The molecular formula is C23H23N3O3S. The number of para-hydroxylation sites is 1. The number of hydrogen-bond donors (Lipinski definition) is 1. The van der Waals surface area contributed by atoms with E-state index in [0.717, 1.165) is 41.6 Å². The lowest BCUT2D eigenvalue weighted by Gasteiger charge is -2.29. The molecule has 154 valence electrons. The Hall–Kier alpha value is -2.90. The highest BCUT2D eigenvalue weighted by Gasteiger charge is 2.27. The summed E-state index contributed by atoms with van der Waals surface area (Å²) in [5, 5.41) is 11.2. The summed E-state index contributed by atoms with van der Waals surface area (Å²) >= 11 is 1.70. The number of quaternary nitrogens is 1. The molecule has 0 radical (unpaired) electrons. The molecule has 1 aliphatic heterocycles. The number of ether oxygens (including phenoxy) is 1. The first-order chi connectivity index (χ1) is 14.6. The minimum absolute atomic E-state index is 0.317. The highest BCUT2D eigenvalue weighted by molar-refractivity contribution is 7.23. The van der Waals surface area contributed by atoms with E-state index in [1.807, 2.05) is 12.1 Å². The minimum atomic E-state index is -0.913. The number of rotatable bonds is 5. The molecule has 4 aromatic rings. The number of methoxy groups -OCH3 is 1. The van der Waals surface area contributed by atoms with Gasteiger partial charge in [-0.3, -0.25) is 4.40 Å². The average molecular weight is 422 g/mol. The molecule has 0 unspecified atom stereocenters. The van der Waals surface area contributed by atoms with Crippen molar-refractivity contribution >= 4 is 32.5 Å². The first-order valence-electron chi connectivity index (χ1n) is 10.2. The third-order valence-electron chi connectivity index (χ3n) is 6.06. The third kappa shape index (κ3) is 3.34. The van der Waals surface area contributed by atoms with Crippen LogP contribution in [-0.2, 0) is 11.3 Å². The van der Waals surface area contributed by atoms with Crippen LogP contribution < -0.4 is 14.7 Å². The molecule has 0 atom stereocenters. The SMILES string of the molecule is COc1ccc(-c2nc3sc4ccccc4n3c2C[NH+]2CCC(C(=O)[O-])CC2)cc1. The molecule has 1 saturated heterocycles. The molecule has 2 aromatic heterocycles. The number of nitrogens with one attached hydrogen (secondary N) is 1. The van der Waals surface area contributed by atoms with Crippen LogP contribution in [0.1, 0.15) is 18.5 Å². The predicted octanol–water partition coefficient (Wildman–Crippen LogP) is 1.77. The fourth-order valence-corrected chi connectivity index (χ4v) is 5.44. The molecule has 30 heavy (non-hydrogen) atoms. The standard InChI is InChI=1S/C23H23N3O3S/c1-29-17-8-6-15(7-9-17)21-19(14-25-12-10-16(11-13-25)22(27)28)26-18-4-2-3-5-20(18)30-23(26)24-21/h2-9,16H,10-14H2,1H3,(H,27,28). The smallest absolute Gasteiger partial charge is 0.195 e. The zero-order valence-electron chi connectivity index (χ0n) is 16.8. The van der Waals surface area contributed by atoms with Gasteiger partial charge in [0.15, 0.2) is 4.96 Å². The van der Waals surface area contributed by atoms with E-state index >= 15 is 0 Å². The number of hydrogen-bond acceptors (Lipinski definition) is 5. The average Bonchev–Trinajstić information content (AvgIpc) is 3.31. The highest BCUT2D eigenvalue weighted by atomic mass is 32.1. The van der Waals surface area contributed by atoms with E-state index in [1.54, 1.807) is 18.4 Å². The molecule has 0 amide bonds. The van der Waals surface area contributed by atoms with Crippen molar-refractivity contribution in [1.82, 2.24) is 9.38 Å². The van der Waals surface area contributed by atoms with E-state index in [2.05, 4.69) is 40.8 Å². The van der Waals surface area contributed by atoms with Crippen LogP contribution in [0.4, 0.5) is 0 Å². The molecule has 0 saturated carbocycles. The summed E-state index contributed by atoms with van der Waals surface area (Å²) in [6, 6.07) is 16.4. The Morgan fingerprint density at radius 3 is 2.63 bits per heavy atom. The molecule has 3 heterocycles. The minimum Gasteiger partial charge on any atom is -0.550 e. The highest BCUT2D eigenvalue weighted by Crippen LogP contribution is 2.33. The first kappa shape index (κ1) is 19.1. The Morgan fingerprint density at radius 2 is 1.93 bits per heavy atom. The maximum Gasteiger partial charge on any atom is 0.195 e. The molecule has 6 nitrogen and oxygen atoms in total. The Kier molecular flexibility index (Phi) is 4.92. The van der Waals surface area contributed by atoms with Crippen LogP contribution in [0, 0.1) is 5.92 Å². The summed E-state index contributed by atoms with van der Waals surface area (Å²) in [4.78, 5) is 18.6. The van der Waals surface area contributed by atoms with Crippen molar-refractivity contribution in [3.63, 3.8) is 0 Å². The van der Waals surface area contributed by atoms with Gasteiger partial charge in [0.05, 0.1) is 36.1 Å². The fourth-order valence-electron chi connectivity index (χ4n) is 4.39. The molecular weight excluding hydrogens is 398 g/mol. The van der Waals surface area contributed by atoms with Crippen molar-refractivity contribution in [2.24, 2.45) is 5.92 Å². The number of aliphatic carboxylic acids is 1. The molecule has 5 rings (SSSR count). The van der Waals surface area contributed by atoms with Gasteiger partial charge in [-0.05, 0) is 36.4 Å². The van der Waals surface area contributed by atoms with Crippen molar-refractivity contribution in [3.8, 4) is 17.0 Å². The van der Waals surface area contributed by atoms with E-state index in [9.17, 15) is 9.90 Å². The second-order valence-electron chi connectivity index (χ2n) is 7.84. The van der Waals surface area contributed by atoms with Crippen LogP contribution in [0.3, 0.4) is 0 Å². The van der Waals surface area contributed by atoms with Crippen LogP contribution in [0.25, 0.3) is 26.4 Å². The van der Waals surface area contributed by atoms with Gasteiger partial charge in [-0.1, -0.05) is 23.5 Å². The molecule has 1 fully saturated rings. The Balaban J connectivity index is 1.57. The molecule has 0 spiro atoms. The number of benzene rings is 2. The number of aromatic nitrogens is 2. The van der Waals surface area contributed by atoms with Crippen LogP contribution in [0.5, 0.6) is 5.75 Å². The number of nitrogens with zero attached hydrogens (tertiary/aromatic N) is 2. The Morgan fingerprint density at radius 1 is 1.20 bits per heavy atom. The van der Waals surface area contributed by atoms with Crippen molar-refractivity contribution in [2.75, 3.05) is 20.2 Å². The number of carboxylic acids is 1. The number of fused-ring (bicyclic) bond motifs is 3. The van der Waals surface area contributed by atoms with Crippen molar-refractivity contribution in [2.45, 2.75) is 19.4 Å². The van der Waals surface area contributed by atoms with Gasteiger partial charge in [0.1, 0.15) is 18.0 Å². The van der Waals surface area contributed by atoms with Crippen molar-refractivity contribution < 1.29 is 19.5 Å². The molecule has 0 bridgehead atoms. The number of piperidine rings is 1. The Bertz CT molecular complexity index is 1200. The van der Waals surface area contributed by atoms with Crippen molar-refractivity contribution in [3.05, 3.63) is 54.2 Å². The van der Waals surface area contributed by atoms with Crippen LogP contribution in [0.15, 0.2) is 48.5 Å². The number of imidazole rings is 1. The summed E-state index contributed by atoms with van der Waals surface area (Å²) < 4.78 is 8.80. The number of carboxylic acid groups (broad SMARTS) is 1. The van der Waals surface area contributed by atoms with E-state index in [-0.39, 0.29) is 5.92 Å². The van der Waals surface area contributed by atoms with Gasteiger partial charge in [-0.2, -0.15) is 0 Å². The molecule has 2 aromatic carbocycles. The van der Waals surface area contributed by atoms with E-state index in [4.69, 9.17) is 9.72 Å². The second kappa shape index (κ2) is 7.74. The monoisotopic (exact) mass is 421 g/mol. The van der Waals surface area contributed by atoms with Gasteiger partial charge in [0.2, 0.25) is 0 Å². The lowest BCUT2D eigenvalue weighted by atomic mass is 9.97. The van der Waals surface area contributed by atoms with Crippen LogP contribution in [-0.4, -0.2) is 35.6 Å². The van der Waals surface area contributed by atoms with Crippen LogP contribution in [0.2, 0.25) is 0 Å². The van der Waals surface area contributed by atoms with E-state index in [1.165, 1.54) is 20.8 Å². The largest absolute Gasteiger partial charge is 0.550 e. The van der Waals surface area contributed by atoms with Gasteiger partial charge in [0.25, 0.3) is 0 Å². The second-order valence-corrected chi connectivity index (χ2v) is 8.85. The quantitative estimate of drug-likeness (QED) is 0.533. The van der Waals surface area contributed by atoms with Gasteiger partial charge in [-0.15, -0.1) is 0 Å². The summed E-state index contributed by atoms with van der Waals surface area (Å²) in [7, 11) is 1.67. The summed E-state index contributed by atoms with van der Waals surface area (Å²) in [5.74, 6) is -0.410.